The highest BCUT2D eigenvalue weighted by atomic mass is 32.2. The van der Waals surface area contributed by atoms with Gasteiger partial charge in [0.2, 0.25) is 0 Å². The Morgan fingerprint density at radius 2 is 1.95 bits per heavy atom. The molecule has 0 saturated heterocycles. The highest BCUT2D eigenvalue weighted by Gasteiger charge is 2.09. The van der Waals surface area contributed by atoms with E-state index < -0.39 is 6.10 Å². The zero-order chi connectivity index (χ0) is 14.5. The van der Waals surface area contributed by atoms with Crippen LogP contribution in [0.5, 0.6) is 0 Å². The van der Waals surface area contributed by atoms with Crippen LogP contribution in [0.1, 0.15) is 33.6 Å². The van der Waals surface area contributed by atoms with Crippen molar-refractivity contribution in [2.75, 3.05) is 37.8 Å². The number of hydrogen-bond acceptors (Lipinski definition) is 5. The number of rotatable bonds is 13. The second-order valence-electron chi connectivity index (χ2n) is 5.32. The standard InChI is InChI=1S/C14H31NO3S/c1-12(2)9-13(3)18-11-14(17)10-15-5-8-19-7-4-6-16/h12-17H,4-11H2,1-3H3. The van der Waals surface area contributed by atoms with E-state index in [0.29, 0.717) is 19.1 Å². The third-order valence-electron chi connectivity index (χ3n) is 2.63. The molecule has 0 aliphatic carbocycles. The normalized spacial score (nSPS) is 14.8. The Bertz CT molecular complexity index is 194. The molecule has 0 aliphatic heterocycles. The molecule has 0 aromatic rings. The fraction of sp³-hybridized carbons (Fsp3) is 1.00. The Kier molecular flexibility index (Phi) is 13.3. The van der Waals surface area contributed by atoms with Crippen molar-refractivity contribution in [3.63, 3.8) is 0 Å². The molecule has 0 bridgehead atoms. The maximum absolute atomic E-state index is 9.75. The molecule has 0 spiro atoms. The number of aliphatic hydroxyl groups excluding tert-OH is 2. The summed E-state index contributed by atoms with van der Waals surface area (Å²) in [6, 6.07) is 0. The molecule has 0 aromatic carbocycles. The van der Waals surface area contributed by atoms with Gasteiger partial charge in [-0.05, 0) is 31.4 Å². The molecule has 0 amide bonds. The number of hydrogen-bond donors (Lipinski definition) is 3. The lowest BCUT2D eigenvalue weighted by Gasteiger charge is -2.18. The molecule has 19 heavy (non-hydrogen) atoms. The second kappa shape index (κ2) is 13.2. The van der Waals surface area contributed by atoms with E-state index in [1.807, 2.05) is 11.8 Å². The van der Waals surface area contributed by atoms with Crippen LogP contribution in [0.25, 0.3) is 0 Å². The zero-order valence-corrected chi connectivity index (χ0v) is 13.4. The summed E-state index contributed by atoms with van der Waals surface area (Å²) in [6.45, 7) is 8.53. The van der Waals surface area contributed by atoms with Gasteiger partial charge < -0.3 is 20.3 Å². The van der Waals surface area contributed by atoms with Gasteiger partial charge in [0, 0.05) is 25.4 Å². The molecule has 0 radical (unpaired) electrons. The Labute approximate surface area is 122 Å². The Hall–Kier alpha value is 0.190. The van der Waals surface area contributed by atoms with Crippen molar-refractivity contribution < 1.29 is 14.9 Å². The average molecular weight is 293 g/mol. The van der Waals surface area contributed by atoms with Gasteiger partial charge in [0.15, 0.2) is 0 Å². The van der Waals surface area contributed by atoms with Crippen molar-refractivity contribution in [3.8, 4) is 0 Å². The van der Waals surface area contributed by atoms with Crippen molar-refractivity contribution in [1.82, 2.24) is 5.32 Å². The van der Waals surface area contributed by atoms with Gasteiger partial charge in [-0.25, -0.2) is 0 Å². The van der Waals surface area contributed by atoms with Gasteiger partial charge >= 0.3 is 0 Å². The minimum absolute atomic E-state index is 0.212. The Balaban J connectivity index is 3.32. The third-order valence-corrected chi connectivity index (χ3v) is 3.70. The topological polar surface area (TPSA) is 61.7 Å². The molecule has 4 nitrogen and oxygen atoms in total. The molecular weight excluding hydrogens is 262 g/mol. The molecule has 2 atom stereocenters. The van der Waals surface area contributed by atoms with Gasteiger partial charge in [0.25, 0.3) is 0 Å². The maximum atomic E-state index is 9.75. The fourth-order valence-corrected chi connectivity index (χ4v) is 2.57. The average Bonchev–Trinajstić information content (AvgIpc) is 2.34. The molecule has 0 saturated carbocycles. The van der Waals surface area contributed by atoms with Crippen molar-refractivity contribution in [3.05, 3.63) is 0 Å². The first-order chi connectivity index (χ1) is 9.06. The van der Waals surface area contributed by atoms with Crippen molar-refractivity contribution in [2.45, 2.75) is 45.8 Å². The van der Waals surface area contributed by atoms with E-state index in [0.717, 1.165) is 30.9 Å². The van der Waals surface area contributed by atoms with E-state index in [1.165, 1.54) is 0 Å². The molecular formula is C14H31NO3S. The number of thioether (sulfide) groups is 1. The summed E-state index contributed by atoms with van der Waals surface area (Å²) in [5, 5.41) is 21.6. The molecule has 116 valence electrons. The predicted molar refractivity (Wildman–Crippen MR) is 82.8 cm³/mol. The molecule has 0 fully saturated rings. The van der Waals surface area contributed by atoms with Crippen LogP contribution in [0.4, 0.5) is 0 Å². The molecule has 0 aliphatic rings. The van der Waals surface area contributed by atoms with Gasteiger partial charge in [-0.15, -0.1) is 0 Å². The summed E-state index contributed by atoms with van der Waals surface area (Å²) in [5.74, 6) is 2.63. The van der Waals surface area contributed by atoms with Crippen LogP contribution in [0.2, 0.25) is 0 Å². The molecule has 0 aromatic heterocycles. The van der Waals surface area contributed by atoms with E-state index in [2.05, 4.69) is 26.1 Å². The summed E-state index contributed by atoms with van der Waals surface area (Å²) in [6.07, 6.45) is 1.66. The van der Waals surface area contributed by atoms with E-state index in [4.69, 9.17) is 9.84 Å². The lowest BCUT2D eigenvalue weighted by Crippen LogP contribution is -2.33. The van der Waals surface area contributed by atoms with Gasteiger partial charge in [-0.3, -0.25) is 0 Å². The fourth-order valence-electron chi connectivity index (χ4n) is 1.75. The van der Waals surface area contributed by atoms with Crippen LogP contribution in [-0.2, 0) is 4.74 Å². The van der Waals surface area contributed by atoms with Gasteiger partial charge in [-0.2, -0.15) is 11.8 Å². The van der Waals surface area contributed by atoms with Gasteiger partial charge in [0.1, 0.15) is 0 Å². The molecule has 3 N–H and O–H groups in total. The van der Waals surface area contributed by atoms with E-state index in [1.54, 1.807) is 0 Å². The zero-order valence-electron chi connectivity index (χ0n) is 12.6. The first-order valence-corrected chi connectivity index (χ1v) is 8.40. The molecule has 0 heterocycles. The van der Waals surface area contributed by atoms with Crippen molar-refractivity contribution in [2.24, 2.45) is 5.92 Å². The monoisotopic (exact) mass is 293 g/mol. The van der Waals surface area contributed by atoms with Crippen LogP contribution in [0.15, 0.2) is 0 Å². The van der Waals surface area contributed by atoms with Gasteiger partial charge in [0.05, 0.1) is 18.8 Å². The quantitative estimate of drug-likeness (QED) is 0.449. The van der Waals surface area contributed by atoms with Crippen molar-refractivity contribution in [1.29, 1.82) is 0 Å². The first-order valence-electron chi connectivity index (χ1n) is 7.25. The minimum Gasteiger partial charge on any atom is -0.396 e. The summed E-state index contributed by atoms with van der Waals surface area (Å²) >= 11 is 1.82. The largest absolute Gasteiger partial charge is 0.396 e. The lowest BCUT2D eigenvalue weighted by molar-refractivity contribution is -0.00829. The summed E-state index contributed by atoms with van der Waals surface area (Å²) in [4.78, 5) is 0. The van der Waals surface area contributed by atoms with Crippen LogP contribution < -0.4 is 5.32 Å². The van der Waals surface area contributed by atoms with Crippen LogP contribution in [0.3, 0.4) is 0 Å². The number of ether oxygens (including phenoxy) is 1. The summed E-state index contributed by atoms with van der Waals surface area (Å²) < 4.78 is 5.60. The SMILES string of the molecule is CC(C)CC(C)OCC(O)CNCCSCCCO. The number of nitrogens with one attached hydrogen (secondary N) is 1. The Morgan fingerprint density at radius 3 is 2.58 bits per heavy atom. The molecule has 0 rings (SSSR count). The van der Waals surface area contributed by atoms with Crippen LogP contribution in [0, 0.1) is 5.92 Å². The van der Waals surface area contributed by atoms with Crippen LogP contribution >= 0.6 is 11.8 Å². The summed E-state index contributed by atoms with van der Waals surface area (Å²) in [7, 11) is 0. The smallest absolute Gasteiger partial charge is 0.0897 e. The lowest BCUT2D eigenvalue weighted by atomic mass is 10.1. The van der Waals surface area contributed by atoms with E-state index in [-0.39, 0.29) is 12.7 Å². The predicted octanol–water partition coefficient (Wildman–Crippen LogP) is 1.50. The van der Waals surface area contributed by atoms with E-state index >= 15 is 0 Å². The first kappa shape index (κ1) is 19.2. The molecule has 2 unspecified atom stereocenters. The van der Waals surface area contributed by atoms with Crippen molar-refractivity contribution >= 4 is 11.8 Å². The second-order valence-corrected chi connectivity index (χ2v) is 6.55. The highest BCUT2D eigenvalue weighted by molar-refractivity contribution is 7.99. The minimum atomic E-state index is -0.433. The van der Waals surface area contributed by atoms with Crippen LogP contribution in [-0.4, -0.2) is 60.2 Å². The van der Waals surface area contributed by atoms with E-state index in [9.17, 15) is 5.11 Å². The third kappa shape index (κ3) is 14.4. The summed E-state index contributed by atoms with van der Waals surface area (Å²) in [5.41, 5.74) is 0. The number of aliphatic hydroxyl groups is 2. The van der Waals surface area contributed by atoms with Gasteiger partial charge in [-0.1, -0.05) is 13.8 Å². The maximum Gasteiger partial charge on any atom is 0.0897 e. The molecule has 5 heteroatoms. The Morgan fingerprint density at radius 1 is 1.21 bits per heavy atom. The highest BCUT2D eigenvalue weighted by Crippen LogP contribution is 2.07.